The van der Waals surface area contributed by atoms with Crippen LogP contribution in [0.3, 0.4) is 0 Å². The Balaban J connectivity index is 2.09. The maximum Gasteiger partial charge on any atom is 0.323 e. The van der Waals surface area contributed by atoms with E-state index in [1.54, 1.807) is 0 Å². The van der Waals surface area contributed by atoms with E-state index in [0.29, 0.717) is 0 Å². The fourth-order valence-corrected chi connectivity index (χ4v) is 3.61. The second kappa shape index (κ2) is 7.49. The van der Waals surface area contributed by atoms with Crippen LogP contribution in [0.2, 0.25) is 0 Å². The number of carbonyl (C=O) groups is 2. The van der Waals surface area contributed by atoms with Gasteiger partial charge in [-0.15, -0.1) is 0 Å². The topological polar surface area (TPSA) is 64.6 Å². The minimum absolute atomic E-state index is 0.331. The molecule has 4 atom stereocenters. The smallest absolute Gasteiger partial charge is 0.323 e. The van der Waals surface area contributed by atoms with Gasteiger partial charge in [0.25, 0.3) is 0 Å². The molecule has 1 N–H and O–H groups in total. The van der Waals surface area contributed by atoms with E-state index in [0.717, 1.165) is 11.1 Å². The lowest BCUT2D eigenvalue weighted by Gasteiger charge is -2.23. The van der Waals surface area contributed by atoms with Crippen LogP contribution in [0, 0.1) is 5.92 Å². The Morgan fingerprint density at radius 1 is 0.800 bits per heavy atom. The van der Waals surface area contributed by atoms with Gasteiger partial charge in [0, 0.05) is 12.0 Å². The molecule has 25 heavy (non-hydrogen) atoms. The summed E-state index contributed by atoms with van der Waals surface area (Å²) < 4.78 is 10.0. The van der Waals surface area contributed by atoms with Gasteiger partial charge in [-0.3, -0.25) is 14.9 Å². The van der Waals surface area contributed by atoms with E-state index in [2.05, 4.69) is 5.32 Å². The first-order chi connectivity index (χ1) is 12.2. The summed E-state index contributed by atoms with van der Waals surface area (Å²) in [7, 11) is 2.73. The monoisotopic (exact) mass is 339 g/mol. The minimum atomic E-state index is -0.623. The SMILES string of the molecule is COC(=O)[C@H]1[C@H](c2ccccc2)[C@@H](C(=O)OC)N[C@H]1c1ccccc1. The van der Waals surface area contributed by atoms with E-state index < -0.39 is 12.0 Å². The quantitative estimate of drug-likeness (QED) is 0.867. The fraction of sp³-hybridized carbons (Fsp3) is 0.300. The molecule has 0 aliphatic carbocycles. The highest BCUT2D eigenvalue weighted by Crippen LogP contribution is 2.44. The second-order valence-corrected chi connectivity index (χ2v) is 6.04. The third-order valence-electron chi connectivity index (χ3n) is 4.74. The van der Waals surface area contributed by atoms with E-state index in [1.165, 1.54) is 14.2 Å². The fourth-order valence-electron chi connectivity index (χ4n) is 3.61. The summed E-state index contributed by atoms with van der Waals surface area (Å²) in [5, 5.41) is 3.30. The molecule has 2 aromatic carbocycles. The van der Waals surface area contributed by atoms with Gasteiger partial charge in [-0.25, -0.2) is 0 Å². The molecular weight excluding hydrogens is 318 g/mol. The van der Waals surface area contributed by atoms with Crippen molar-refractivity contribution in [1.82, 2.24) is 5.32 Å². The van der Waals surface area contributed by atoms with Gasteiger partial charge < -0.3 is 9.47 Å². The van der Waals surface area contributed by atoms with E-state index in [1.807, 2.05) is 60.7 Å². The minimum Gasteiger partial charge on any atom is -0.469 e. The van der Waals surface area contributed by atoms with Gasteiger partial charge in [0.2, 0.25) is 0 Å². The molecule has 0 unspecified atom stereocenters. The normalized spacial score (nSPS) is 25.4. The molecule has 0 aromatic heterocycles. The van der Waals surface area contributed by atoms with Crippen molar-refractivity contribution >= 4 is 11.9 Å². The van der Waals surface area contributed by atoms with E-state index in [9.17, 15) is 9.59 Å². The maximum atomic E-state index is 12.6. The van der Waals surface area contributed by atoms with Gasteiger partial charge in [0.05, 0.1) is 20.1 Å². The summed E-state index contributed by atoms with van der Waals surface area (Å²) in [5.41, 5.74) is 1.84. The average Bonchev–Trinajstić information content (AvgIpc) is 3.08. The Labute approximate surface area is 147 Å². The number of ether oxygens (including phenoxy) is 2. The van der Waals surface area contributed by atoms with Crippen molar-refractivity contribution < 1.29 is 19.1 Å². The third kappa shape index (κ3) is 3.28. The first-order valence-electron chi connectivity index (χ1n) is 8.19. The van der Waals surface area contributed by atoms with E-state index >= 15 is 0 Å². The molecule has 0 bridgehead atoms. The van der Waals surface area contributed by atoms with Crippen LogP contribution >= 0.6 is 0 Å². The zero-order valence-corrected chi connectivity index (χ0v) is 14.2. The molecule has 1 heterocycles. The van der Waals surface area contributed by atoms with Crippen LogP contribution in [0.5, 0.6) is 0 Å². The lowest BCUT2D eigenvalue weighted by Crippen LogP contribution is -2.36. The van der Waals surface area contributed by atoms with Crippen molar-refractivity contribution in [1.29, 1.82) is 0 Å². The summed E-state index contributed by atoms with van der Waals surface area (Å²) >= 11 is 0. The standard InChI is InChI=1S/C20H21NO4/c1-24-19(22)16-15(13-9-5-3-6-10-13)18(20(23)25-2)21-17(16)14-11-7-4-8-12-14/h3-12,15-18,21H,1-2H3/t15-,16-,17-,18-/m0/s1. The van der Waals surface area contributed by atoms with Gasteiger partial charge in [0.15, 0.2) is 0 Å². The zero-order chi connectivity index (χ0) is 17.8. The molecule has 1 aliphatic rings. The van der Waals surface area contributed by atoms with Gasteiger partial charge in [0.1, 0.15) is 6.04 Å². The highest BCUT2D eigenvalue weighted by molar-refractivity contribution is 5.83. The van der Waals surface area contributed by atoms with Gasteiger partial charge in [-0.2, -0.15) is 0 Å². The largest absolute Gasteiger partial charge is 0.469 e. The lowest BCUT2D eigenvalue weighted by atomic mass is 9.80. The van der Waals surface area contributed by atoms with Crippen LogP contribution < -0.4 is 5.32 Å². The van der Waals surface area contributed by atoms with Crippen LogP contribution in [0.25, 0.3) is 0 Å². The van der Waals surface area contributed by atoms with Crippen LogP contribution in [-0.2, 0) is 19.1 Å². The first-order valence-corrected chi connectivity index (χ1v) is 8.19. The predicted octanol–water partition coefficient (Wildman–Crippen LogP) is 2.45. The van der Waals surface area contributed by atoms with Crippen molar-refractivity contribution in [2.75, 3.05) is 14.2 Å². The Bertz CT molecular complexity index is 732. The molecule has 1 saturated heterocycles. The molecule has 0 radical (unpaired) electrons. The lowest BCUT2D eigenvalue weighted by molar-refractivity contribution is -0.146. The van der Waals surface area contributed by atoms with Crippen LogP contribution in [0.4, 0.5) is 0 Å². The van der Waals surface area contributed by atoms with E-state index in [4.69, 9.17) is 9.47 Å². The molecule has 3 rings (SSSR count). The Morgan fingerprint density at radius 2 is 1.32 bits per heavy atom. The van der Waals surface area contributed by atoms with Crippen LogP contribution in [0.1, 0.15) is 23.1 Å². The van der Waals surface area contributed by atoms with E-state index in [-0.39, 0.29) is 23.9 Å². The molecule has 130 valence electrons. The van der Waals surface area contributed by atoms with Crippen molar-refractivity contribution in [2.24, 2.45) is 5.92 Å². The number of nitrogens with one attached hydrogen (secondary N) is 1. The molecule has 0 amide bonds. The number of rotatable bonds is 4. The number of methoxy groups -OCH3 is 2. The summed E-state index contributed by atoms with van der Waals surface area (Å²) in [5.74, 6) is -1.63. The number of esters is 2. The Morgan fingerprint density at radius 3 is 1.84 bits per heavy atom. The Hall–Kier alpha value is -2.66. The zero-order valence-electron chi connectivity index (χ0n) is 14.2. The molecule has 1 fully saturated rings. The molecule has 1 aliphatic heterocycles. The molecule has 0 saturated carbocycles. The maximum absolute atomic E-state index is 12.6. The average molecular weight is 339 g/mol. The summed E-state index contributed by atoms with van der Waals surface area (Å²) in [6.07, 6.45) is 0. The van der Waals surface area contributed by atoms with Crippen LogP contribution in [0.15, 0.2) is 60.7 Å². The number of hydrogen-bond donors (Lipinski definition) is 1. The molecule has 2 aromatic rings. The predicted molar refractivity (Wildman–Crippen MR) is 92.8 cm³/mol. The number of benzene rings is 2. The van der Waals surface area contributed by atoms with Crippen molar-refractivity contribution in [3.05, 3.63) is 71.8 Å². The highest BCUT2D eigenvalue weighted by Gasteiger charge is 2.51. The van der Waals surface area contributed by atoms with Gasteiger partial charge in [-0.05, 0) is 11.1 Å². The molecule has 5 nitrogen and oxygen atoms in total. The second-order valence-electron chi connectivity index (χ2n) is 6.04. The summed E-state index contributed by atoms with van der Waals surface area (Å²) in [6.45, 7) is 0. The summed E-state index contributed by atoms with van der Waals surface area (Å²) in [4.78, 5) is 25.0. The van der Waals surface area contributed by atoms with Crippen LogP contribution in [-0.4, -0.2) is 32.2 Å². The first kappa shape index (κ1) is 17.2. The summed E-state index contributed by atoms with van der Waals surface area (Å²) in [6, 6.07) is 18.2. The highest BCUT2D eigenvalue weighted by atomic mass is 16.5. The number of carbonyl (C=O) groups excluding carboxylic acids is 2. The van der Waals surface area contributed by atoms with Crippen molar-refractivity contribution in [3.8, 4) is 0 Å². The number of hydrogen-bond acceptors (Lipinski definition) is 5. The van der Waals surface area contributed by atoms with Crippen molar-refractivity contribution in [3.63, 3.8) is 0 Å². The molecule has 5 heteroatoms. The van der Waals surface area contributed by atoms with Gasteiger partial charge in [-0.1, -0.05) is 60.7 Å². The van der Waals surface area contributed by atoms with Crippen molar-refractivity contribution in [2.45, 2.75) is 18.0 Å². The third-order valence-corrected chi connectivity index (χ3v) is 4.74. The van der Waals surface area contributed by atoms with Gasteiger partial charge >= 0.3 is 11.9 Å². The molecular formula is C20H21NO4. The Kier molecular flexibility index (Phi) is 5.14. The molecule has 0 spiro atoms.